The van der Waals surface area contributed by atoms with E-state index in [1.54, 1.807) is 36.4 Å². The first-order chi connectivity index (χ1) is 13.3. The minimum absolute atomic E-state index is 0.00439. The Bertz CT molecular complexity index is 1350. The van der Waals surface area contributed by atoms with Crippen LogP contribution < -0.4 is 4.74 Å². The van der Waals surface area contributed by atoms with Crippen molar-refractivity contribution in [3.8, 4) is 16.9 Å². The fourth-order valence-corrected chi connectivity index (χ4v) is 4.88. The maximum Gasteiger partial charge on any atom is 0.261 e. The van der Waals surface area contributed by atoms with Gasteiger partial charge in [0.1, 0.15) is 5.75 Å². The van der Waals surface area contributed by atoms with Crippen LogP contribution in [0.15, 0.2) is 65.6 Å². The number of fused-ring (bicyclic) bond motifs is 2. The molecule has 0 saturated heterocycles. The molecule has 0 unspecified atom stereocenters. The van der Waals surface area contributed by atoms with Gasteiger partial charge in [-0.2, -0.15) is 0 Å². The molecule has 0 aliphatic carbocycles. The standard InChI is InChI=1S/C21H13Cl3O3S/c1-27-18-8-2-12-10-14(22)4-6-16(12)20(18)21-17-7-5-15(23)11-13(17)3-9-19(21)28(24,25)26/h2-11H,1H3. The van der Waals surface area contributed by atoms with Gasteiger partial charge < -0.3 is 4.74 Å². The highest BCUT2D eigenvalue weighted by Crippen LogP contribution is 2.45. The molecule has 0 amide bonds. The number of hydrogen-bond donors (Lipinski definition) is 0. The highest BCUT2D eigenvalue weighted by molar-refractivity contribution is 8.13. The maximum atomic E-state index is 12.4. The van der Waals surface area contributed by atoms with Gasteiger partial charge in [-0.15, -0.1) is 0 Å². The predicted molar refractivity (Wildman–Crippen MR) is 117 cm³/mol. The Balaban J connectivity index is 2.26. The zero-order valence-electron chi connectivity index (χ0n) is 14.5. The van der Waals surface area contributed by atoms with Crippen molar-refractivity contribution in [3.05, 3.63) is 70.7 Å². The van der Waals surface area contributed by atoms with Gasteiger partial charge in [-0.1, -0.05) is 47.5 Å². The van der Waals surface area contributed by atoms with Crippen LogP contribution in [0.2, 0.25) is 10.0 Å². The Morgan fingerprint density at radius 3 is 1.82 bits per heavy atom. The molecule has 0 N–H and O–H groups in total. The number of halogens is 3. The Labute approximate surface area is 176 Å². The molecule has 0 bridgehead atoms. The third-order valence-corrected chi connectivity index (χ3v) is 6.45. The second-order valence-corrected chi connectivity index (χ2v) is 9.66. The van der Waals surface area contributed by atoms with Crippen LogP contribution >= 0.6 is 33.9 Å². The lowest BCUT2D eigenvalue weighted by molar-refractivity contribution is 0.417. The van der Waals surface area contributed by atoms with Crippen molar-refractivity contribution in [2.24, 2.45) is 0 Å². The molecule has 0 saturated carbocycles. The van der Waals surface area contributed by atoms with Gasteiger partial charge >= 0.3 is 0 Å². The summed E-state index contributed by atoms with van der Waals surface area (Å²) in [7, 11) is 3.31. The van der Waals surface area contributed by atoms with Crippen LogP contribution in [0.4, 0.5) is 0 Å². The summed E-state index contributed by atoms with van der Waals surface area (Å²) in [4.78, 5) is 0.00439. The van der Waals surface area contributed by atoms with Gasteiger partial charge in [0.25, 0.3) is 9.05 Å². The second-order valence-electron chi connectivity index (χ2n) is 6.25. The van der Waals surface area contributed by atoms with Crippen LogP contribution in [-0.4, -0.2) is 15.5 Å². The Morgan fingerprint density at radius 1 is 0.750 bits per heavy atom. The molecule has 0 atom stereocenters. The summed E-state index contributed by atoms with van der Waals surface area (Å²) in [6, 6.07) is 17.5. The van der Waals surface area contributed by atoms with Crippen molar-refractivity contribution in [1.29, 1.82) is 0 Å². The molecule has 0 aromatic heterocycles. The largest absolute Gasteiger partial charge is 0.496 e. The third-order valence-electron chi connectivity index (χ3n) is 4.62. The van der Waals surface area contributed by atoms with Crippen molar-refractivity contribution in [3.63, 3.8) is 0 Å². The minimum Gasteiger partial charge on any atom is -0.496 e. The summed E-state index contributed by atoms with van der Waals surface area (Å²) >= 11 is 12.3. The maximum absolute atomic E-state index is 12.4. The molecule has 0 aliphatic rings. The van der Waals surface area contributed by atoms with E-state index in [2.05, 4.69) is 0 Å². The number of benzene rings is 4. The van der Waals surface area contributed by atoms with Gasteiger partial charge in [-0.25, -0.2) is 8.42 Å². The molecular formula is C21H13Cl3O3S. The number of rotatable bonds is 3. The first-order valence-electron chi connectivity index (χ1n) is 8.23. The molecule has 0 heterocycles. The molecule has 4 aromatic rings. The molecule has 0 spiro atoms. The Hall–Kier alpha value is -1.98. The van der Waals surface area contributed by atoms with Gasteiger partial charge in [0, 0.05) is 31.9 Å². The summed E-state index contributed by atoms with van der Waals surface area (Å²) in [5.41, 5.74) is 1.10. The Morgan fingerprint density at radius 2 is 1.29 bits per heavy atom. The van der Waals surface area contributed by atoms with E-state index in [0.717, 1.165) is 16.2 Å². The fraction of sp³-hybridized carbons (Fsp3) is 0.0476. The van der Waals surface area contributed by atoms with E-state index in [0.29, 0.717) is 32.3 Å². The molecule has 4 aromatic carbocycles. The molecule has 28 heavy (non-hydrogen) atoms. The van der Waals surface area contributed by atoms with Crippen molar-refractivity contribution in [2.45, 2.75) is 4.90 Å². The monoisotopic (exact) mass is 450 g/mol. The molecule has 142 valence electrons. The molecular weight excluding hydrogens is 439 g/mol. The van der Waals surface area contributed by atoms with Gasteiger partial charge in [0.2, 0.25) is 0 Å². The lowest BCUT2D eigenvalue weighted by Crippen LogP contribution is -1.99. The summed E-state index contributed by atoms with van der Waals surface area (Å²) in [6.07, 6.45) is 0. The SMILES string of the molecule is COc1ccc2cc(Cl)ccc2c1-c1c(S(=O)(=O)Cl)ccc2cc(Cl)ccc12. The van der Waals surface area contributed by atoms with E-state index in [-0.39, 0.29) is 4.90 Å². The molecule has 7 heteroatoms. The van der Waals surface area contributed by atoms with E-state index in [1.165, 1.54) is 13.2 Å². The van der Waals surface area contributed by atoms with Crippen LogP contribution in [0.1, 0.15) is 0 Å². The van der Waals surface area contributed by atoms with Crippen molar-refractivity contribution < 1.29 is 13.2 Å². The van der Waals surface area contributed by atoms with Crippen LogP contribution in [0.5, 0.6) is 5.75 Å². The summed E-state index contributed by atoms with van der Waals surface area (Å²) in [6.45, 7) is 0. The lowest BCUT2D eigenvalue weighted by Gasteiger charge is -2.17. The zero-order chi connectivity index (χ0) is 20.1. The van der Waals surface area contributed by atoms with E-state index in [1.807, 2.05) is 18.2 Å². The fourth-order valence-electron chi connectivity index (χ4n) is 3.45. The van der Waals surface area contributed by atoms with Crippen LogP contribution in [0, 0.1) is 0 Å². The molecule has 4 rings (SSSR count). The van der Waals surface area contributed by atoms with Crippen LogP contribution in [0.25, 0.3) is 32.7 Å². The summed E-state index contributed by atoms with van der Waals surface area (Å²) in [5.74, 6) is 0.527. The quantitative estimate of drug-likeness (QED) is 0.318. The first kappa shape index (κ1) is 19.3. The summed E-state index contributed by atoms with van der Waals surface area (Å²) in [5, 5.41) is 4.28. The highest BCUT2D eigenvalue weighted by Gasteiger charge is 2.23. The number of ether oxygens (including phenoxy) is 1. The van der Waals surface area contributed by atoms with Crippen molar-refractivity contribution >= 4 is 64.5 Å². The van der Waals surface area contributed by atoms with Crippen molar-refractivity contribution in [1.82, 2.24) is 0 Å². The molecule has 3 nitrogen and oxygen atoms in total. The van der Waals surface area contributed by atoms with Gasteiger partial charge in [0.05, 0.1) is 12.0 Å². The Kier molecular flexibility index (Phi) is 4.92. The minimum atomic E-state index is -4.03. The number of hydrogen-bond acceptors (Lipinski definition) is 3. The van der Waals surface area contributed by atoms with Crippen LogP contribution in [-0.2, 0) is 9.05 Å². The molecule has 0 fully saturated rings. The topological polar surface area (TPSA) is 43.4 Å². The first-order valence-corrected chi connectivity index (χ1v) is 11.3. The molecule has 0 aliphatic heterocycles. The summed E-state index contributed by atoms with van der Waals surface area (Å²) < 4.78 is 30.4. The van der Waals surface area contributed by atoms with Crippen molar-refractivity contribution in [2.75, 3.05) is 7.11 Å². The van der Waals surface area contributed by atoms with Crippen LogP contribution in [0.3, 0.4) is 0 Å². The number of methoxy groups -OCH3 is 1. The third kappa shape index (κ3) is 3.31. The lowest BCUT2D eigenvalue weighted by atomic mass is 9.93. The smallest absolute Gasteiger partial charge is 0.261 e. The van der Waals surface area contributed by atoms with E-state index < -0.39 is 9.05 Å². The second kappa shape index (κ2) is 7.12. The van der Waals surface area contributed by atoms with Gasteiger partial charge in [-0.3, -0.25) is 0 Å². The normalized spacial score (nSPS) is 11.9. The predicted octanol–water partition coefficient (Wildman–Crippen LogP) is 6.90. The average Bonchev–Trinajstić information content (AvgIpc) is 2.65. The van der Waals surface area contributed by atoms with Gasteiger partial charge in [-0.05, 0) is 57.9 Å². The van der Waals surface area contributed by atoms with E-state index >= 15 is 0 Å². The zero-order valence-corrected chi connectivity index (χ0v) is 17.6. The average molecular weight is 452 g/mol. The van der Waals surface area contributed by atoms with E-state index in [9.17, 15) is 8.42 Å². The highest BCUT2D eigenvalue weighted by atomic mass is 35.7. The molecule has 0 radical (unpaired) electrons. The van der Waals surface area contributed by atoms with Gasteiger partial charge in [0.15, 0.2) is 0 Å². The van der Waals surface area contributed by atoms with E-state index in [4.69, 9.17) is 38.6 Å².